The molecule has 0 atom stereocenters. The largest absolute Gasteiger partial charge is 0.497 e. The summed E-state index contributed by atoms with van der Waals surface area (Å²) < 4.78 is 10.6. The third-order valence-corrected chi connectivity index (χ3v) is 5.00. The highest BCUT2D eigenvalue weighted by molar-refractivity contribution is 5.43. The van der Waals surface area contributed by atoms with Crippen LogP contribution in [0.15, 0.2) is 66.9 Å². The summed E-state index contributed by atoms with van der Waals surface area (Å²) in [7, 11) is 3.37. The molecule has 152 valence electrons. The Morgan fingerprint density at radius 1 is 0.724 bits per heavy atom. The lowest BCUT2D eigenvalue weighted by atomic mass is 9.88. The first kappa shape index (κ1) is 20.7. The van der Waals surface area contributed by atoms with Gasteiger partial charge in [0, 0.05) is 19.3 Å². The van der Waals surface area contributed by atoms with Crippen LogP contribution >= 0.6 is 0 Å². The van der Waals surface area contributed by atoms with Gasteiger partial charge in [0.1, 0.15) is 17.3 Å². The Bertz CT molecular complexity index is 846. The third-order valence-electron chi connectivity index (χ3n) is 5.00. The molecule has 0 spiro atoms. The molecule has 0 bridgehead atoms. The van der Waals surface area contributed by atoms with E-state index in [1.165, 1.54) is 16.7 Å². The standard InChI is InChI=1S/C25H30N2O2/c1-25(2,3)21-10-15-24(26-16-21)27(17-19-6-11-22(28-4)12-7-19)18-20-8-13-23(29-5)14-9-20/h6-16H,17-18H2,1-5H3. The average Bonchev–Trinajstić information content (AvgIpc) is 2.74. The second-order valence-corrected chi connectivity index (χ2v) is 8.21. The summed E-state index contributed by atoms with van der Waals surface area (Å²) in [6, 6.07) is 20.7. The van der Waals surface area contributed by atoms with Gasteiger partial charge in [-0.1, -0.05) is 51.1 Å². The predicted octanol–water partition coefficient (Wildman–Crippen LogP) is 5.60. The summed E-state index contributed by atoms with van der Waals surface area (Å²) in [5.41, 5.74) is 3.74. The summed E-state index contributed by atoms with van der Waals surface area (Å²) in [6.45, 7) is 8.14. The Balaban J connectivity index is 1.86. The van der Waals surface area contributed by atoms with Gasteiger partial charge in [-0.2, -0.15) is 0 Å². The number of rotatable bonds is 7. The molecular weight excluding hydrogens is 360 g/mol. The summed E-state index contributed by atoms with van der Waals surface area (Å²) in [5.74, 6) is 2.69. The van der Waals surface area contributed by atoms with E-state index in [4.69, 9.17) is 14.5 Å². The Hall–Kier alpha value is -3.01. The number of aromatic nitrogens is 1. The van der Waals surface area contributed by atoms with Crippen molar-refractivity contribution in [3.63, 3.8) is 0 Å². The summed E-state index contributed by atoms with van der Waals surface area (Å²) in [6.07, 6.45) is 1.99. The van der Waals surface area contributed by atoms with Crippen LogP contribution in [0.25, 0.3) is 0 Å². The van der Waals surface area contributed by atoms with E-state index in [0.717, 1.165) is 30.4 Å². The van der Waals surface area contributed by atoms with Gasteiger partial charge in [-0.05, 0) is 52.4 Å². The number of pyridine rings is 1. The van der Waals surface area contributed by atoms with Crippen molar-refractivity contribution in [1.29, 1.82) is 0 Å². The fourth-order valence-electron chi connectivity index (χ4n) is 3.14. The molecule has 0 N–H and O–H groups in total. The predicted molar refractivity (Wildman–Crippen MR) is 119 cm³/mol. The second-order valence-electron chi connectivity index (χ2n) is 8.21. The molecule has 0 fully saturated rings. The fourth-order valence-corrected chi connectivity index (χ4v) is 3.14. The van der Waals surface area contributed by atoms with Crippen LogP contribution in [0.3, 0.4) is 0 Å². The molecule has 4 heteroatoms. The molecule has 0 aliphatic rings. The number of benzene rings is 2. The van der Waals surface area contributed by atoms with Gasteiger partial charge in [0.25, 0.3) is 0 Å². The quantitative estimate of drug-likeness (QED) is 0.526. The Labute approximate surface area is 174 Å². The molecule has 2 aromatic carbocycles. The zero-order valence-corrected chi connectivity index (χ0v) is 18.0. The Morgan fingerprint density at radius 2 is 1.21 bits per heavy atom. The average molecular weight is 391 g/mol. The molecule has 3 rings (SSSR count). The van der Waals surface area contributed by atoms with Gasteiger partial charge in [0.15, 0.2) is 0 Å². The maximum Gasteiger partial charge on any atom is 0.129 e. The number of nitrogens with zero attached hydrogens (tertiary/aromatic N) is 2. The van der Waals surface area contributed by atoms with Crippen LogP contribution in [0.5, 0.6) is 11.5 Å². The van der Waals surface area contributed by atoms with Crippen LogP contribution in [0.2, 0.25) is 0 Å². The van der Waals surface area contributed by atoms with Gasteiger partial charge in [0.05, 0.1) is 14.2 Å². The Morgan fingerprint density at radius 3 is 1.55 bits per heavy atom. The number of methoxy groups -OCH3 is 2. The number of anilines is 1. The molecule has 4 nitrogen and oxygen atoms in total. The van der Waals surface area contributed by atoms with Crippen molar-refractivity contribution in [2.45, 2.75) is 39.3 Å². The molecule has 0 aliphatic carbocycles. The first-order chi connectivity index (χ1) is 13.9. The van der Waals surface area contributed by atoms with E-state index in [2.05, 4.69) is 62.1 Å². The number of hydrogen-bond donors (Lipinski definition) is 0. The first-order valence-corrected chi connectivity index (χ1v) is 9.86. The van der Waals surface area contributed by atoms with Crippen molar-refractivity contribution in [3.05, 3.63) is 83.6 Å². The summed E-state index contributed by atoms with van der Waals surface area (Å²) in [5, 5.41) is 0. The fraction of sp³-hybridized carbons (Fsp3) is 0.320. The van der Waals surface area contributed by atoms with Crippen LogP contribution in [-0.4, -0.2) is 19.2 Å². The van der Waals surface area contributed by atoms with Crippen molar-refractivity contribution in [1.82, 2.24) is 4.98 Å². The van der Waals surface area contributed by atoms with E-state index in [9.17, 15) is 0 Å². The van der Waals surface area contributed by atoms with Gasteiger partial charge < -0.3 is 14.4 Å². The van der Waals surface area contributed by atoms with E-state index in [-0.39, 0.29) is 5.41 Å². The second kappa shape index (κ2) is 8.99. The highest BCUT2D eigenvalue weighted by Crippen LogP contribution is 2.25. The molecule has 0 unspecified atom stereocenters. The van der Waals surface area contributed by atoms with E-state index >= 15 is 0 Å². The molecule has 0 amide bonds. The number of hydrogen-bond acceptors (Lipinski definition) is 4. The zero-order chi connectivity index (χ0) is 20.9. The minimum Gasteiger partial charge on any atom is -0.497 e. The number of ether oxygens (including phenoxy) is 2. The highest BCUT2D eigenvalue weighted by atomic mass is 16.5. The summed E-state index contributed by atoms with van der Waals surface area (Å²) in [4.78, 5) is 7.07. The SMILES string of the molecule is COc1ccc(CN(Cc2ccc(OC)cc2)c2ccc(C(C)(C)C)cn2)cc1. The van der Waals surface area contributed by atoms with Crippen LogP contribution in [0, 0.1) is 0 Å². The lowest BCUT2D eigenvalue weighted by Gasteiger charge is -2.26. The van der Waals surface area contributed by atoms with E-state index in [1.54, 1.807) is 14.2 Å². The monoisotopic (exact) mass is 390 g/mol. The molecule has 3 aromatic rings. The molecule has 1 heterocycles. The molecule has 0 saturated heterocycles. The van der Waals surface area contributed by atoms with Crippen LogP contribution < -0.4 is 14.4 Å². The molecule has 0 saturated carbocycles. The molecule has 1 aromatic heterocycles. The third kappa shape index (κ3) is 5.50. The van der Waals surface area contributed by atoms with Gasteiger partial charge in [0.2, 0.25) is 0 Å². The normalized spacial score (nSPS) is 11.2. The molecule has 0 radical (unpaired) electrons. The van der Waals surface area contributed by atoms with Crippen LogP contribution in [0.4, 0.5) is 5.82 Å². The minimum absolute atomic E-state index is 0.0856. The van der Waals surface area contributed by atoms with Crippen molar-refractivity contribution in [2.24, 2.45) is 0 Å². The maximum atomic E-state index is 5.28. The van der Waals surface area contributed by atoms with Crippen molar-refractivity contribution >= 4 is 5.82 Å². The Kier molecular flexibility index (Phi) is 6.42. The van der Waals surface area contributed by atoms with E-state index in [1.807, 2.05) is 30.5 Å². The van der Waals surface area contributed by atoms with Gasteiger partial charge in [-0.15, -0.1) is 0 Å². The van der Waals surface area contributed by atoms with E-state index in [0.29, 0.717) is 0 Å². The molecular formula is C25H30N2O2. The smallest absolute Gasteiger partial charge is 0.129 e. The molecule has 0 aliphatic heterocycles. The zero-order valence-electron chi connectivity index (χ0n) is 18.0. The van der Waals surface area contributed by atoms with E-state index < -0.39 is 0 Å². The minimum atomic E-state index is 0.0856. The van der Waals surface area contributed by atoms with Gasteiger partial charge in [-0.25, -0.2) is 4.98 Å². The maximum absolute atomic E-state index is 5.28. The molecule has 29 heavy (non-hydrogen) atoms. The van der Waals surface area contributed by atoms with Crippen molar-refractivity contribution in [2.75, 3.05) is 19.1 Å². The van der Waals surface area contributed by atoms with Crippen molar-refractivity contribution in [3.8, 4) is 11.5 Å². The van der Waals surface area contributed by atoms with Crippen LogP contribution in [-0.2, 0) is 18.5 Å². The topological polar surface area (TPSA) is 34.6 Å². The van der Waals surface area contributed by atoms with Crippen LogP contribution in [0.1, 0.15) is 37.5 Å². The summed E-state index contributed by atoms with van der Waals surface area (Å²) >= 11 is 0. The van der Waals surface area contributed by atoms with Gasteiger partial charge >= 0.3 is 0 Å². The van der Waals surface area contributed by atoms with Crippen molar-refractivity contribution < 1.29 is 9.47 Å². The lowest BCUT2D eigenvalue weighted by molar-refractivity contribution is 0.414. The lowest BCUT2D eigenvalue weighted by Crippen LogP contribution is -2.23. The first-order valence-electron chi connectivity index (χ1n) is 9.86. The highest BCUT2D eigenvalue weighted by Gasteiger charge is 2.16. The van der Waals surface area contributed by atoms with Gasteiger partial charge in [-0.3, -0.25) is 0 Å².